The van der Waals surface area contributed by atoms with Crippen LogP contribution in [0.15, 0.2) is 12.1 Å². The predicted octanol–water partition coefficient (Wildman–Crippen LogP) is 2.96. The molecule has 0 heterocycles. The van der Waals surface area contributed by atoms with Crippen LogP contribution < -0.4 is 5.32 Å². The Morgan fingerprint density at radius 3 is 2.37 bits per heavy atom. The zero-order chi connectivity index (χ0) is 14.0. The molecule has 0 bridgehead atoms. The Hall–Kier alpha value is -1.35. The maximum Gasteiger partial charge on any atom is 0.310 e. The van der Waals surface area contributed by atoms with Gasteiger partial charge in [-0.05, 0) is 55.9 Å². The molecule has 104 valence electrons. The van der Waals surface area contributed by atoms with Gasteiger partial charge in [0.1, 0.15) is 0 Å². The number of rotatable bonds is 5. The van der Waals surface area contributed by atoms with Crippen LogP contribution in [0.5, 0.6) is 0 Å². The molecule has 1 fully saturated rings. The summed E-state index contributed by atoms with van der Waals surface area (Å²) in [6, 6.07) is 4.40. The molecule has 0 aliphatic heterocycles. The molecule has 0 unspecified atom stereocenters. The van der Waals surface area contributed by atoms with Gasteiger partial charge >= 0.3 is 5.97 Å². The molecule has 2 rings (SSSR count). The molecule has 1 aliphatic rings. The highest BCUT2D eigenvalue weighted by Crippen LogP contribution is 2.40. The molecule has 0 spiro atoms. The van der Waals surface area contributed by atoms with Crippen LogP contribution in [0.2, 0.25) is 0 Å². The van der Waals surface area contributed by atoms with Crippen molar-refractivity contribution in [2.75, 3.05) is 6.54 Å². The van der Waals surface area contributed by atoms with E-state index < -0.39 is 11.4 Å². The van der Waals surface area contributed by atoms with Crippen LogP contribution in [0.3, 0.4) is 0 Å². The van der Waals surface area contributed by atoms with Gasteiger partial charge in [-0.1, -0.05) is 18.6 Å². The quantitative estimate of drug-likeness (QED) is 0.856. The highest BCUT2D eigenvalue weighted by molar-refractivity contribution is 5.76. The summed E-state index contributed by atoms with van der Waals surface area (Å²) in [5.41, 5.74) is 4.63. The Kier molecular flexibility index (Phi) is 3.95. The maximum absolute atomic E-state index is 11.3. The average Bonchev–Trinajstić information content (AvgIpc) is 2.28. The third-order valence-electron chi connectivity index (χ3n) is 4.50. The normalized spacial score (nSPS) is 17.0. The van der Waals surface area contributed by atoms with Crippen LogP contribution in [0.4, 0.5) is 0 Å². The second-order valence-corrected chi connectivity index (χ2v) is 5.91. The average molecular weight is 261 g/mol. The summed E-state index contributed by atoms with van der Waals surface area (Å²) in [7, 11) is 0. The van der Waals surface area contributed by atoms with Crippen molar-refractivity contribution in [1.29, 1.82) is 0 Å². The smallest absolute Gasteiger partial charge is 0.310 e. The first-order valence-corrected chi connectivity index (χ1v) is 6.95. The van der Waals surface area contributed by atoms with E-state index in [1.165, 1.54) is 22.3 Å². The van der Waals surface area contributed by atoms with Gasteiger partial charge in [0.25, 0.3) is 0 Å². The first kappa shape index (κ1) is 14.1. The third kappa shape index (κ3) is 2.81. The maximum atomic E-state index is 11.3. The van der Waals surface area contributed by atoms with Crippen molar-refractivity contribution < 1.29 is 9.90 Å². The fraction of sp³-hybridized carbons (Fsp3) is 0.562. The van der Waals surface area contributed by atoms with Gasteiger partial charge in [0, 0.05) is 13.1 Å². The lowest BCUT2D eigenvalue weighted by atomic mass is 9.69. The molecule has 3 heteroatoms. The highest BCUT2D eigenvalue weighted by Gasteiger charge is 2.43. The Labute approximate surface area is 115 Å². The van der Waals surface area contributed by atoms with Crippen molar-refractivity contribution in [3.63, 3.8) is 0 Å². The van der Waals surface area contributed by atoms with Gasteiger partial charge < -0.3 is 10.4 Å². The minimum atomic E-state index is -0.650. The Bertz CT molecular complexity index is 490. The van der Waals surface area contributed by atoms with E-state index >= 15 is 0 Å². The monoisotopic (exact) mass is 261 g/mol. The Morgan fingerprint density at radius 1 is 1.21 bits per heavy atom. The molecular formula is C16H23NO2. The second kappa shape index (κ2) is 5.33. The van der Waals surface area contributed by atoms with Gasteiger partial charge in [-0.2, -0.15) is 0 Å². The number of carbonyl (C=O) groups is 1. The molecule has 3 nitrogen and oxygen atoms in total. The van der Waals surface area contributed by atoms with E-state index in [0.717, 1.165) is 25.8 Å². The van der Waals surface area contributed by atoms with Gasteiger partial charge in [-0.3, -0.25) is 4.79 Å². The lowest BCUT2D eigenvalue weighted by Crippen LogP contribution is -2.46. The zero-order valence-corrected chi connectivity index (χ0v) is 12.0. The minimum absolute atomic E-state index is 0.506. The molecule has 0 aromatic heterocycles. The van der Waals surface area contributed by atoms with E-state index in [1.807, 2.05) is 0 Å². The highest BCUT2D eigenvalue weighted by atomic mass is 16.4. The summed E-state index contributed by atoms with van der Waals surface area (Å²) in [5.74, 6) is -0.650. The number of aliphatic carboxylic acids is 1. The minimum Gasteiger partial charge on any atom is -0.481 e. The van der Waals surface area contributed by atoms with Crippen molar-refractivity contribution in [2.24, 2.45) is 5.41 Å². The van der Waals surface area contributed by atoms with Crippen LogP contribution in [-0.4, -0.2) is 17.6 Å². The van der Waals surface area contributed by atoms with Crippen LogP contribution >= 0.6 is 0 Å². The standard InChI is InChI=1S/C16H23NO2/c1-11-7-13(3)14(8-12(11)2)9-17-10-16(15(18)19)5-4-6-16/h7-8,17H,4-6,9-10H2,1-3H3,(H,18,19). The summed E-state index contributed by atoms with van der Waals surface area (Å²) in [6.07, 6.45) is 2.65. The van der Waals surface area contributed by atoms with E-state index in [9.17, 15) is 9.90 Å². The van der Waals surface area contributed by atoms with Gasteiger partial charge in [0.2, 0.25) is 0 Å². The fourth-order valence-corrected chi connectivity index (χ4v) is 2.72. The van der Waals surface area contributed by atoms with Crippen molar-refractivity contribution in [3.8, 4) is 0 Å². The van der Waals surface area contributed by atoms with E-state index in [4.69, 9.17) is 0 Å². The molecule has 19 heavy (non-hydrogen) atoms. The third-order valence-corrected chi connectivity index (χ3v) is 4.50. The number of benzene rings is 1. The number of nitrogens with one attached hydrogen (secondary N) is 1. The predicted molar refractivity (Wildman–Crippen MR) is 76.3 cm³/mol. The molecular weight excluding hydrogens is 238 g/mol. The van der Waals surface area contributed by atoms with Gasteiger partial charge in [0.05, 0.1) is 5.41 Å². The Morgan fingerprint density at radius 2 is 1.84 bits per heavy atom. The SMILES string of the molecule is Cc1cc(C)c(CNCC2(C(=O)O)CCC2)cc1C. The number of aryl methyl sites for hydroxylation is 3. The largest absolute Gasteiger partial charge is 0.481 e. The summed E-state index contributed by atoms with van der Waals surface area (Å²) < 4.78 is 0. The Balaban J connectivity index is 1.96. The number of carboxylic acid groups (broad SMARTS) is 1. The molecule has 0 radical (unpaired) electrons. The first-order valence-electron chi connectivity index (χ1n) is 6.95. The molecule has 1 saturated carbocycles. The zero-order valence-electron chi connectivity index (χ0n) is 12.0. The van der Waals surface area contributed by atoms with E-state index in [0.29, 0.717) is 6.54 Å². The summed E-state index contributed by atoms with van der Waals surface area (Å²) >= 11 is 0. The fourth-order valence-electron chi connectivity index (χ4n) is 2.72. The van der Waals surface area contributed by atoms with Crippen LogP contribution in [0.1, 0.15) is 41.5 Å². The molecule has 1 aromatic rings. The van der Waals surface area contributed by atoms with E-state index in [1.54, 1.807) is 0 Å². The summed E-state index contributed by atoms with van der Waals surface area (Å²) in [6.45, 7) is 7.67. The van der Waals surface area contributed by atoms with Crippen molar-refractivity contribution in [1.82, 2.24) is 5.32 Å². The first-order chi connectivity index (χ1) is 8.94. The molecule has 1 aliphatic carbocycles. The van der Waals surface area contributed by atoms with Gasteiger partial charge in [-0.15, -0.1) is 0 Å². The summed E-state index contributed by atoms with van der Waals surface area (Å²) in [5, 5.41) is 12.6. The topological polar surface area (TPSA) is 49.3 Å². The van der Waals surface area contributed by atoms with E-state index in [-0.39, 0.29) is 0 Å². The molecule has 0 amide bonds. The van der Waals surface area contributed by atoms with Crippen LogP contribution in [-0.2, 0) is 11.3 Å². The van der Waals surface area contributed by atoms with E-state index in [2.05, 4.69) is 38.2 Å². The second-order valence-electron chi connectivity index (χ2n) is 5.91. The number of hydrogen-bond acceptors (Lipinski definition) is 2. The van der Waals surface area contributed by atoms with Crippen LogP contribution in [0.25, 0.3) is 0 Å². The van der Waals surface area contributed by atoms with Gasteiger partial charge in [0.15, 0.2) is 0 Å². The molecule has 2 N–H and O–H groups in total. The van der Waals surface area contributed by atoms with Crippen LogP contribution in [0, 0.1) is 26.2 Å². The lowest BCUT2D eigenvalue weighted by Gasteiger charge is -2.37. The summed E-state index contributed by atoms with van der Waals surface area (Å²) in [4.78, 5) is 11.3. The molecule has 1 aromatic carbocycles. The lowest BCUT2D eigenvalue weighted by molar-refractivity contribution is -0.154. The molecule has 0 saturated heterocycles. The molecule has 0 atom stereocenters. The van der Waals surface area contributed by atoms with Crippen molar-refractivity contribution in [3.05, 3.63) is 34.4 Å². The number of carboxylic acids is 1. The van der Waals surface area contributed by atoms with Crippen molar-refractivity contribution in [2.45, 2.75) is 46.6 Å². The van der Waals surface area contributed by atoms with Crippen molar-refractivity contribution >= 4 is 5.97 Å². The van der Waals surface area contributed by atoms with Gasteiger partial charge in [-0.25, -0.2) is 0 Å². The number of hydrogen-bond donors (Lipinski definition) is 2.